The zero-order valence-corrected chi connectivity index (χ0v) is 11.8. The number of nitrogens with zero attached hydrogens (tertiary/aromatic N) is 3. The molecule has 0 saturated carbocycles. The molecule has 1 aromatic heterocycles. The van der Waals surface area contributed by atoms with E-state index in [2.05, 4.69) is 27.2 Å². The third-order valence-electron chi connectivity index (χ3n) is 3.24. The molecule has 0 N–H and O–H groups in total. The van der Waals surface area contributed by atoms with E-state index >= 15 is 0 Å². The molecule has 1 aliphatic heterocycles. The van der Waals surface area contributed by atoms with E-state index in [9.17, 15) is 0 Å². The first-order chi connectivity index (χ1) is 8.19. The number of thioether (sulfide) groups is 1. The highest BCUT2D eigenvalue weighted by Crippen LogP contribution is 2.23. The zero-order chi connectivity index (χ0) is 12.3. The summed E-state index contributed by atoms with van der Waals surface area (Å²) in [6, 6.07) is 2.11. The number of aryl methyl sites for hydroxylation is 2. The van der Waals surface area contributed by atoms with Gasteiger partial charge in [-0.05, 0) is 32.9 Å². The molecule has 0 spiro atoms. The fourth-order valence-electron chi connectivity index (χ4n) is 2.36. The minimum atomic E-state index is 0.744. The maximum atomic E-state index is 4.57. The molecular weight excluding hydrogens is 230 g/mol. The molecule has 94 valence electrons. The van der Waals surface area contributed by atoms with Crippen molar-refractivity contribution in [2.75, 3.05) is 24.2 Å². The van der Waals surface area contributed by atoms with Gasteiger partial charge in [0, 0.05) is 30.1 Å². The summed E-state index contributed by atoms with van der Waals surface area (Å²) in [5.41, 5.74) is 1.07. The molecule has 1 atom stereocenters. The molecule has 0 bridgehead atoms. The van der Waals surface area contributed by atoms with Crippen molar-refractivity contribution in [2.45, 2.75) is 38.4 Å². The van der Waals surface area contributed by atoms with E-state index in [1.165, 1.54) is 19.3 Å². The first kappa shape index (κ1) is 12.7. The van der Waals surface area contributed by atoms with E-state index in [-0.39, 0.29) is 0 Å². The van der Waals surface area contributed by atoms with E-state index in [1.54, 1.807) is 0 Å². The lowest BCUT2D eigenvalue weighted by atomic mass is 10.2. The van der Waals surface area contributed by atoms with Gasteiger partial charge in [-0.2, -0.15) is 11.8 Å². The quantitative estimate of drug-likeness (QED) is 0.808. The van der Waals surface area contributed by atoms with Crippen LogP contribution in [0.25, 0.3) is 0 Å². The van der Waals surface area contributed by atoms with Gasteiger partial charge in [0.05, 0.1) is 0 Å². The number of rotatable bonds is 2. The van der Waals surface area contributed by atoms with Crippen LogP contribution in [0.3, 0.4) is 0 Å². The van der Waals surface area contributed by atoms with Gasteiger partial charge in [-0.3, -0.25) is 0 Å². The Morgan fingerprint density at radius 2 is 2.12 bits per heavy atom. The van der Waals surface area contributed by atoms with Gasteiger partial charge in [0.15, 0.2) is 0 Å². The second-order valence-corrected chi connectivity index (χ2v) is 5.85. The Balaban J connectivity index is 2.18. The van der Waals surface area contributed by atoms with Crippen LogP contribution in [-0.4, -0.2) is 34.6 Å². The zero-order valence-electron chi connectivity index (χ0n) is 10.9. The smallest absolute Gasteiger partial charge is 0.132 e. The molecule has 2 heterocycles. The molecule has 17 heavy (non-hydrogen) atoms. The van der Waals surface area contributed by atoms with Crippen LogP contribution in [0.15, 0.2) is 6.07 Å². The Labute approximate surface area is 108 Å². The van der Waals surface area contributed by atoms with Crippen molar-refractivity contribution in [3.05, 3.63) is 17.6 Å². The van der Waals surface area contributed by atoms with Crippen LogP contribution in [0.2, 0.25) is 0 Å². The van der Waals surface area contributed by atoms with Crippen molar-refractivity contribution in [1.29, 1.82) is 0 Å². The van der Waals surface area contributed by atoms with E-state index < -0.39 is 0 Å². The predicted octanol–water partition coefficient (Wildman–Crippen LogP) is 2.82. The maximum Gasteiger partial charge on any atom is 0.132 e. The average Bonchev–Trinajstić information content (AvgIpc) is 2.52. The Morgan fingerprint density at radius 3 is 2.82 bits per heavy atom. The van der Waals surface area contributed by atoms with E-state index in [1.807, 2.05) is 25.6 Å². The molecule has 4 heteroatoms. The molecule has 1 aliphatic rings. The summed E-state index contributed by atoms with van der Waals surface area (Å²) in [6.45, 7) is 6.27. The third kappa shape index (κ3) is 3.35. The molecule has 1 saturated heterocycles. The lowest BCUT2D eigenvalue weighted by Gasteiger charge is -2.25. The second-order valence-electron chi connectivity index (χ2n) is 4.71. The minimum Gasteiger partial charge on any atom is -0.355 e. The number of anilines is 1. The summed E-state index contributed by atoms with van der Waals surface area (Å²) >= 11 is 1.98. The van der Waals surface area contributed by atoms with Crippen LogP contribution in [0.1, 0.15) is 30.8 Å². The summed E-state index contributed by atoms with van der Waals surface area (Å²) in [5, 5.41) is 0.744. The lowest BCUT2D eigenvalue weighted by molar-refractivity contribution is 0.736. The van der Waals surface area contributed by atoms with E-state index in [0.29, 0.717) is 0 Å². The van der Waals surface area contributed by atoms with Gasteiger partial charge in [-0.25, -0.2) is 9.97 Å². The van der Waals surface area contributed by atoms with E-state index in [0.717, 1.165) is 35.7 Å². The van der Waals surface area contributed by atoms with Crippen molar-refractivity contribution >= 4 is 17.6 Å². The highest BCUT2D eigenvalue weighted by molar-refractivity contribution is 7.99. The Morgan fingerprint density at radius 1 is 1.29 bits per heavy atom. The first-order valence-electron chi connectivity index (χ1n) is 6.29. The van der Waals surface area contributed by atoms with Crippen molar-refractivity contribution in [2.24, 2.45) is 0 Å². The SMILES string of the molecule is CSC1CCCCN(c2cc(C)nc(C)n2)C1. The van der Waals surface area contributed by atoms with Crippen molar-refractivity contribution < 1.29 is 0 Å². The van der Waals surface area contributed by atoms with Crippen molar-refractivity contribution in [3.8, 4) is 0 Å². The molecule has 0 aliphatic carbocycles. The molecule has 2 rings (SSSR count). The Kier molecular flexibility index (Phi) is 4.26. The summed E-state index contributed by atoms with van der Waals surface area (Å²) in [5.74, 6) is 1.99. The molecule has 0 aromatic carbocycles. The van der Waals surface area contributed by atoms with E-state index in [4.69, 9.17) is 0 Å². The van der Waals surface area contributed by atoms with Crippen LogP contribution in [-0.2, 0) is 0 Å². The number of aromatic nitrogens is 2. The predicted molar refractivity (Wildman–Crippen MR) is 74.9 cm³/mol. The van der Waals surface area contributed by atoms with Crippen LogP contribution < -0.4 is 4.90 Å². The fourth-order valence-corrected chi connectivity index (χ4v) is 3.09. The maximum absolute atomic E-state index is 4.57. The monoisotopic (exact) mass is 251 g/mol. The average molecular weight is 251 g/mol. The van der Waals surface area contributed by atoms with Crippen LogP contribution >= 0.6 is 11.8 Å². The molecule has 1 unspecified atom stereocenters. The summed E-state index contributed by atoms with van der Waals surface area (Å²) in [6.07, 6.45) is 6.16. The normalized spacial score (nSPS) is 21.4. The van der Waals surface area contributed by atoms with Gasteiger partial charge >= 0.3 is 0 Å². The Hall–Kier alpha value is -0.770. The van der Waals surface area contributed by atoms with Gasteiger partial charge in [0.25, 0.3) is 0 Å². The van der Waals surface area contributed by atoms with Gasteiger partial charge in [0.2, 0.25) is 0 Å². The molecule has 0 amide bonds. The Bertz CT molecular complexity index is 361. The molecule has 1 fully saturated rings. The van der Waals surface area contributed by atoms with Gasteiger partial charge < -0.3 is 4.90 Å². The summed E-state index contributed by atoms with van der Waals surface area (Å²) in [7, 11) is 0. The highest BCUT2D eigenvalue weighted by Gasteiger charge is 2.18. The fraction of sp³-hybridized carbons (Fsp3) is 0.692. The van der Waals surface area contributed by atoms with Crippen LogP contribution in [0, 0.1) is 13.8 Å². The topological polar surface area (TPSA) is 29.0 Å². The van der Waals surface area contributed by atoms with Crippen molar-refractivity contribution in [1.82, 2.24) is 9.97 Å². The molecular formula is C13H21N3S. The molecule has 3 nitrogen and oxygen atoms in total. The largest absolute Gasteiger partial charge is 0.355 e. The van der Waals surface area contributed by atoms with Gasteiger partial charge in [-0.1, -0.05) is 6.42 Å². The van der Waals surface area contributed by atoms with Gasteiger partial charge in [0.1, 0.15) is 11.6 Å². The third-order valence-corrected chi connectivity index (χ3v) is 4.29. The van der Waals surface area contributed by atoms with Crippen molar-refractivity contribution in [3.63, 3.8) is 0 Å². The van der Waals surface area contributed by atoms with Gasteiger partial charge in [-0.15, -0.1) is 0 Å². The standard InChI is InChI=1S/C13H21N3S/c1-10-8-13(15-11(2)14-10)16-7-5-4-6-12(9-16)17-3/h8,12H,4-7,9H2,1-3H3. The number of hydrogen-bond acceptors (Lipinski definition) is 4. The van der Waals surface area contributed by atoms with Crippen LogP contribution in [0.5, 0.6) is 0 Å². The van der Waals surface area contributed by atoms with Crippen LogP contribution in [0.4, 0.5) is 5.82 Å². The highest BCUT2D eigenvalue weighted by atomic mass is 32.2. The molecule has 0 radical (unpaired) electrons. The number of hydrogen-bond donors (Lipinski definition) is 0. The summed E-state index contributed by atoms with van der Waals surface area (Å²) < 4.78 is 0. The first-order valence-corrected chi connectivity index (χ1v) is 7.58. The lowest BCUT2D eigenvalue weighted by Crippen LogP contribution is -2.30. The second kappa shape index (κ2) is 5.71. The molecule has 1 aromatic rings. The minimum absolute atomic E-state index is 0.744. The summed E-state index contributed by atoms with van der Waals surface area (Å²) in [4.78, 5) is 11.3.